The first-order chi connectivity index (χ1) is 20.9. The maximum atomic E-state index is 13.2. The number of rotatable bonds is 10. The van der Waals surface area contributed by atoms with E-state index in [-0.39, 0.29) is 16.6 Å². The Morgan fingerprint density at radius 1 is 0.930 bits per heavy atom. The average molecular weight is 630 g/mol. The fourth-order valence-corrected chi connectivity index (χ4v) is 7.40. The Morgan fingerprint density at radius 3 is 2.37 bits per heavy atom. The molecule has 1 aliphatic rings. The Hall–Kier alpha value is -4.32. The van der Waals surface area contributed by atoms with E-state index >= 15 is 0 Å². The first-order valence-corrected chi connectivity index (χ1v) is 16.7. The lowest BCUT2D eigenvalue weighted by atomic mass is 10.2. The van der Waals surface area contributed by atoms with Crippen molar-refractivity contribution in [2.75, 3.05) is 17.6 Å². The molecule has 0 unspecified atom stereocenters. The van der Waals surface area contributed by atoms with Crippen LogP contribution in [0.15, 0.2) is 113 Å². The molecule has 4 aromatic carbocycles. The van der Waals surface area contributed by atoms with E-state index in [9.17, 15) is 13.2 Å². The van der Waals surface area contributed by atoms with Crippen molar-refractivity contribution >= 4 is 44.7 Å². The molecule has 0 aliphatic carbocycles. The highest BCUT2D eigenvalue weighted by Crippen LogP contribution is 2.34. The van der Waals surface area contributed by atoms with Crippen LogP contribution in [0.2, 0.25) is 0 Å². The second-order valence-electron chi connectivity index (χ2n) is 9.70. The molecule has 11 heteroatoms. The Balaban J connectivity index is 1.20. The van der Waals surface area contributed by atoms with E-state index < -0.39 is 15.9 Å². The van der Waals surface area contributed by atoms with Crippen molar-refractivity contribution in [3.63, 3.8) is 0 Å². The molecular weight excluding hydrogens is 603 g/mol. The van der Waals surface area contributed by atoms with E-state index in [1.165, 1.54) is 12.1 Å². The van der Waals surface area contributed by atoms with E-state index in [1.807, 2.05) is 66.7 Å². The number of hydrogen-bond acceptors (Lipinski definition) is 9. The van der Waals surface area contributed by atoms with Crippen LogP contribution >= 0.6 is 23.1 Å². The summed E-state index contributed by atoms with van der Waals surface area (Å²) in [6.45, 7) is 2.46. The van der Waals surface area contributed by atoms with Crippen LogP contribution in [0, 0.1) is 6.92 Å². The fraction of sp³-hybridized carbons (Fsp3) is 0.125. The number of nitrogens with zero attached hydrogens (tertiary/aromatic N) is 2. The number of thiazole rings is 1. The summed E-state index contributed by atoms with van der Waals surface area (Å²) in [6, 6.07) is 31.9. The molecule has 6 rings (SSSR count). The zero-order valence-corrected chi connectivity index (χ0v) is 25.5. The third kappa shape index (κ3) is 6.69. The van der Waals surface area contributed by atoms with Gasteiger partial charge in [-0.2, -0.15) is 0 Å². The topological polar surface area (TPSA) is 97.8 Å². The maximum Gasteiger partial charge on any atom is 0.277 e. The van der Waals surface area contributed by atoms with Gasteiger partial charge in [0.15, 0.2) is 11.5 Å². The number of ether oxygens (including phenoxy) is 2. The van der Waals surface area contributed by atoms with Gasteiger partial charge in [0.05, 0.1) is 16.5 Å². The van der Waals surface area contributed by atoms with Gasteiger partial charge in [0, 0.05) is 22.7 Å². The molecule has 1 aromatic heterocycles. The van der Waals surface area contributed by atoms with Crippen LogP contribution in [0.1, 0.15) is 20.9 Å². The highest BCUT2D eigenvalue weighted by atomic mass is 32.2. The largest absolute Gasteiger partial charge is 0.454 e. The highest BCUT2D eigenvalue weighted by Gasteiger charge is 2.23. The molecular formula is C32H27N3O5S3. The van der Waals surface area contributed by atoms with Crippen molar-refractivity contribution in [3.05, 3.63) is 119 Å². The van der Waals surface area contributed by atoms with Gasteiger partial charge in [0.25, 0.3) is 15.9 Å². The van der Waals surface area contributed by atoms with Gasteiger partial charge in [0.2, 0.25) is 6.79 Å². The number of sulfonamides is 1. The minimum Gasteiger partial charge on any atom is -0.454 e. The minimum atomic E-state index is -4.12. The van der Waals surface area contributed by atoms with Crippen molar-refractivity contribution in [1.29, 1.82) is 0 Å². The molecule has 0 saturated heterocycles. The van der Waals surface area contributed by atoms with Gasteiger partial charge in [-0.1, -0.05) is 54.6 Å². The molecule has 2 heterocycles. The van der Waals surface area contributed by atoms with Crippen LogP contribution in [0.4, 0.5) is 5.69 Å². The Kier molecular flexibility index (Phi) is 8.37. The lowest BCUT2D eigenvalue weighted by Gasteiger charge is -2.25. The standard InChI is InChI=1S/C32H27N3O5S3/c1-22-30(42-32(33-22)24-8-4-2-5-9-24)31(36)34-43(37,38)27-15-13-25(14-16-27)35(20-41-26-10-6-3-7-11-26)19-23-12-17-28-29(18-23)40-21-39-28/h2-18H,19-21H2,1H3,(H,34,36). The van der Waals surface area contributed by atoms with E-state index in [0.717, 1.165) is 38.8 Å². The summed E-state index contributed by atoms with van der Waals surface area (Å²) in [5, 5.41) is 0.654. The lowest BCUT2D eigenvalue weighted by molar-refractivity contribution is 0.0984. The van der Waals surface area contributed by atoms with Crippen LogP contribution in [-0.4, -0.2) is 32.0 Å². The quantitative estimate of drug-likeness (QED) is 0.134. The molecule has 0 saturated carbocycles. The van der Waals surface area contributed by atoms with Crippen molar-refractivity contribution < 1.29 is 22.7 Å². The molecule has 0 bridgehead atoms. The third-order valence-electron chi connectivity index (χ3n) is 6.70. The molecule has 0 radical (unpaired) electrons. The number of aryl methyl sites for hydroxylation is 1. The summed E-state index contributed by atoms with van der Waals surface area (Å²) >= 11 is 2.84. The molecule has 0 spiro atoms. The Bertz CT molecular complexity index is 1840. The van der Waals surface area contributed by atoms with Crippen LogP contribution in [0.25, 0.3) is 10.6 Å². The van der Waals surface area contributed by atoms with Crippen molar-refractivity contribution in [1.82, 2.24) is 9.71 Å². The zero-order valence-electron chi connectivity index (χ0n) is 23.1. The molecule has 218 valence electrons. The minimum absolute atomic E-state index is 0.00575. The van der Waals surface area contributed by atoms with Crippen LogP contribution in [-0.2, 0) is 16.6 Å². The predicted octanol–water partition coefficient (Wildman–Crippen LogP) is 6.72. The summed E-state index contributed by atoms with van der Waals surface area (Å²) in [5.41, 5.74) is 3.19. The predicted molar refractivity (Wildman–Crippen MR) is 169 cm³/mol. The van der Waals surface area contributed by atoms with Gasteiger partial charge in [-0.3, -0.25) is 4.79 Å². The summed E-state index contributed by atoms with van der Waals surface area (Å²) in [6.07, 6.45) is 0. The number of nitrogens with one attached hydrogen (secondary N) is 1. The maximum absolute atomic E-state index is 13.2. The van der Waals surface area contributed by atoms with Gasteiger partial charge in [0.1, 0.15) is 9.88 Å². The van der Waals surface area contributed by atoms with Crippen LogP contribution in [0.5, 0.6) is 11.5 Å². The Labute approximate surface area is 258 Å². The van der Waals surface area contributed by atoms with Gasteiger partial charge in [-0.15, -0.1) is 23.1 Å². The van der Waals surface area contributed by atoms with Crippen LogP contribution < -0.4 is 19.1 Å². The summed E-state index contributed by atoms with van der Waals surface area (Å²) in [5.74, 6) is 1.34. The molecule has 5 aromatic rings. The summed E-state index contributed by atoms with van der Waals surface area (Å²) < 4.78 is 39.6. The molecule has 1 amide bonds. The molecule has 43 heavy (non-hydrogen) atoms. The second kappa shape index (κ2) is 12.5. The number of carbonyl (C=O) groups is 1. The number of benzene rings is 4. The van der Waals surface area contributed by atoms with E-state index in [1.54, 1.807) is 30.8 Å². The van der Waals surface area contributed by atoms with Gasteiger partial charge in [-0.05, 0) is 61.0 Å². The highest BCUT2D eigenvalue weighted by molar-refractivity contribution is 7.99. The number of carbonyl (C=O) groups excluding carboxylic acids is 1. The molecule has 8 nitrogen and oxygen atoms in total. The lowest BCUT2D eigenvalue weighted by Crippen LogP contribution is -2.30. The number of amides is 1. The zero-order chi connectivity index (χ0) is 29.8. The Morgan fingerprint density at radius 2 is 1.63 bits per heavy atom. The molecule has 0 atom stereocenters. The van der Waals surface area contributed by atoms with Crippen molar-refractivity contribution in [3.8, 4) is 22.1 Å². The van der Waals surface area contributed by atoms with Crippen molar-refractivity contribution in [2.45, 2.75) is 23.3 Å². The number of thioether (sulfide) groups is 1. The SMILES string of the molecule is Cc1nc(-c2ccccc2)sc1C(=O)NS(=O)(=O)c1ccc(N(CSc2ccccc2)Cc2ccc3c(c2)OCO3)cc1. The number of aromatic nitrogens is 1. The number of hydrogen-bond donors (Lipinski definition) is 1. The first kappa shape index (κ1) is 28.8. The summed E-state index contributed by atoms with van der Waals surface area (Å²) in [7, 11) is -4.12. The monoisotopic (exact) mass is 629 g/mol. The van der Waals surface area contributed by atoms with E-state index in [0.29, 0.717) is 28.9 Å². The van der Waals surface area contributed by atoms with Gasteiger partial charge in [-0.25, -0.2) is 18.1 Å². The van der Waals surface area contributed by atoms with E-state index in [4.69, 9.17) is 9.47 Å². The smallest absolute Gasteiger partial charge is 0.277 e. The second-order valence-corrected chi connectivity index (χ2v) is 13.4. The third-order valence-corrected chi connectivity index (χ3v) is 10.3. The molecule has 1 aliphatic heterocycles. The number of fused-ring (bicyclic) bond motifs is 1. The van der Waals surface area contributed by atoms with Gasteiger partial charge >= 0.3 is 0 Å². The van der Waals surface area contributed by atoms with E-state index in [2.05, 4.69) is 26.7 Å². The molecule has 1 N–H and O–H groups in total. The van der Waals surface area contributed by atoms with Crippen molar-refractivity contribution in [2.24, 2.45) is 0 Å². The fourth-order valence-electron chi connectivity index (χ4n) is 4.52. The van der Waals surface area contributed by atoms with Gasteiger partial charge < -0.3 is 14.4 Å². The normalized spacial score (nSPS) is 12.2. The number of anilines is 1. The summed E-state index contributed by atoms with van der Waals surface area (Å²) in [4.78, 5) is 21.0. The average Bonchev–Trinajstić information content (AvgIpc) is 3.66. The van der Waals surface area contributed by atoms with Crippen LogP contribution in [0.3, 0.4) is 0 Å². The molecule has 0 fully saturated rings. The first-order valence-electron chi connectivity index (χ1n) is 13.4.